The average Bonchev–Trinajstić information content (AvgIpc) is 3.45. The topological polar surface area (TPSA) is 78.8 Å². The summed E-state index contributed by atoms with van der Waals surface area (Å²) in [5.41, 5.74) is 0.420. The second-order valence-electron chi connectivity index (χ2n) is 6.74. The number of thiazole rings is 1. The highest BCUT2D eigenvalue weighted by Crippen LogP contribution is 2.41. The van der Waals surface area contributed by atoms with E-state index in [0.717, 1.165) is 12.1 Å². The second-order valence-corrected chi connectivity index (χ2v) is 8.49. The standard InChI is InChI=1S/C19H18F3N5O2S2/c1-23-31-26-9-7-12-13(19(28)29-2)16(10-3-4-11(20)15(22)14(10)21)25-17(27(12)8-9)18-24-5-6-30-18/h3-6,9,16,23,26H,7-8H2,1-2H3/t9-,16-/m0/s1. The number of halogens is 3. The van der Waals surface area contributed by atoms with E-state index in [4.69, 9.17) is 4.74 Å². The van der Waals surface area contributed by atoms with Crippen LogP contribution in [-0.4, -0.2) is 48.4 Å². The normalized spacial score (nSPS) is 20.7. The van der Waals surface area contributed by atoms with E-state index in [2.05, 4.69) is 19.4 Å². The lowest BCUT2D eigenvalue weighted by Crippen LogP contribution is -2.37. The van der Waals surface area contributed by atoms with Gasteiger partial charge in [-0.15, -0.1) is 11.3 Å². The zero-order chi connectivity index (χ0) is 22.1. The number of aromatic nitrogens is 1. The average molecular weight is 470 g/mol. The zero-order valence-corrected chi connectivity index (χ0v) is 18.1. The molecule has 31 heavy (non-hydrogen) atoms. The molecule has 0 bridgehead atoms. The van der Waals surface area contributed by atoms with Gasteiger partial charge in [0.15, 0.2) is 28.3 Å². The van der Waals surface area contributed by atoms with Gasteiger partial charge < -0.3 is 9.64 Å². The number of hydrogen-bond acceptors (Lipinski definition) is 9. The van der Waals surface area contributed by atoms with E-state index in [-0.39, 0.29) is 17.2 Å². The monoisotopic (exact) mass is 469 g/mol. The number of ether oxygens (including phenoxy) is 1. The maximum Gasteiger partial charge on any atom is 0.338 e. The van der Waals surface area contributed by atoms with E-state index in [1.807, 2.05) is 4.90 Å². The Morgan fingerprint density at radius 1 is 1.32 bits per heavy atom. The lowest BCUT2D eigenvalue weighted by Gasteiger charge is -2.31. The number of amidine groups is 1. The molecule has 12 heteroatoms. The van der Waals surface area contributed by atoms with Crippen LogP contribution in [0, 0.1) is 17.5 Å². The van der Waals surface area contributed by atoms with E-state index in [9.17, 15) is 18.0 Å². The fourth-order valence-electron chi connectivity index (χ4n) is 3.66. The van der Waals surface area contributed by atoms with Gasteiger partial charge in [-0.25, -0.2) is 27.7 Å². The molecule has 1 fully saturated rings. The Labute approximate surface area is 184 Å². The van der Waals surface area contributed by atoms with Crippen LogP contribution >= 0.6 is 23.5 Å². The first-order chi connectivity index (χ1) is 15.0. The summed E-state index contributed by atoms with van der Waals surface area (Å²) in [6, 6.07) is 0.650. The molecule has 1 saturated heterocycles. The van der Waals surface area contributed by atoms with Gasteiger partial charge in [0.05, 0.1) is 12.7 Å². The number of nitrogens with one attached hydrogen (secondary N) is 2. The maximum absolute atomic E-state index is 14.7. The zero-order valence-electron chi connectivity index (χ0n) is 16.5. The van der Waals surface area contributed by atoms with Crippen LogP contribution in [0.5, 0.6) is 0 Å². The van der Waals surface area contributed by atoms with Crippen LogP contribution in [-0.2, 0) is 9.53 Å². The molecule has 1 aromatic carbocycles. The van der Waals surface area contributed by atoms with Crippen molar-refractivity contribution in [2.24, 2.45) is 4.99 Å². The third kappa shape index (κ3) is 3.95. The molecule has 0 aliphatic carbocycles. The summed E-state index contributed by atoms with van der Waals surface area (Å²) in [5.74, 6) is -4.59. The van der Waals surface area contributed by atoms with Crippen molar-refractivity contribution in [1.29, 1.82) is 0 Å². The van der Waals surface area contributed by atoms with Crippen LogP contribution in [0.15, 0.2) is 40.0 Å². The van der Waals surface area contributed by atoms with Crippen molar-refractivity contribution in [3.05, 3.63) is 63.0 Å². The second kappa shape index (κ2) is 8.99. The number of carbonyl (C=O) groups excluding carboxylic acids is 1. The van der Waals surface area contributed by atoms with Crippen LogP contribution in [0.4, 0.5) is 13.2 Å². The van der Waals surface area contributed by atoms with Gasteiger partial charge in [0.25, 0.3) is 0 Å². The lowest BCUT2D eigenvalue weighted by molar-refractivity contribution is -0.136. The van der Waals surface area contributed by atoms with Crippen LogP contribution in [0.3, 0.4) is 0 Å². The van der Waals surface area contributed by atoms with E-state index < -0.39 is 29.5 Å². The number of benzene rings is 1. The molecule has 7 nitrogen and oxygen atoms in total. The molecule has 0 unspecified atom stereocenters. The molecule has 1 aromatic heterocycles. The highest BCUT2D eigenvalue weighted by molar-refractivity contribution is 7.95. The van der Waals surface area contributed by atoms with Crippen LogP contribution in [0.2, 0.25) is 0 Å². The number of hydrogen-bond donors (Lipinski definition) is 2. The molecule has 2 aliphatic rings. The Bertz CT molecular complexity index is 1060. The summed E-state index contributed by atoms with van der Waals surface area (Å²) in [6.07, 6.45) is 2.03. The van der Waals surface area contributed by atoms with Gasteiger partial charge in [-0.3, -0.25) is 9.71 Å². The van der Waals surface area contributed by atoms with Gasteiger partial charge in [-0.1, -0.05) is 6.07 Å². The van der Waals surface area contributed by atoms with Crippen molar-refractivity contribution in [2.75, 3.05) is 20.7 Å². The number of rotatable bonds is 6. The summed E-state index contributed by atoms with van der Waals surface area (Å²) >= 11 is 2.63. The molecule has 164 valence electrons. The maximum atomic E-state index is 14.7. The lowest BCUT2D eigenvalue weighted by atomic mass is 9.94. The number of methoxy groups -OCH3 is 1. The van der Waals surface area contributed by atoms with Crippen molar-refractivity contribution in [3.63, 3.8) is 0 Å². The number of fused-ring (bicyclic) bond motifs is 1. The molecule has 0 radical (unpaired) electrons. The van der Waals surface area contributed by atoms with Crippen molar-refractivity contribution in [2.45, 2.75) is 18.5 Å². The van der Waals surface area contributed by atoms with E-state index >= 15 is 0 Å². The SMILES string of the molecule is CNSN[C@H]1CC2=C(C(=O)OC)[C@H](c3ccc(F)c(F)c3F)N=C(c3nccs3)N2C1. The summed E-state index contributed by atoms with van der Waals surface area (Å²) in [7, 11) is 2.98. The molecular weight excluding hydrogens is 451 g/mol. The Kier molecular flexibility index (Phi) is 6.32. The Hall–Kier alpha value is -2.41. The molecule has 2 N–H and O–H groups in total. The summed E-state index contributed by atoms with van der Waals surface area (Å²) in [6.45, 7) is 0.482. The minimum absolute atomic E-state index is 0.0641. The predicted octanol–water partition coefficient (Wildman–Crippen LogP) is 2.94. The summed E-state index contributed by atoms with van der Waals surface area (Å²) in [5, 5.41) is 2.34. The van der Waals surface area contributed by atoms with Gasteiger partial charge in [-0.2, -0.15) is 0 Å². The Morgan fingerprint density at radius 2 is 2.13 bits per heavy atom. The number of esters is 1. The van der Waals surface area contributed by atoms with Gasteiger partial charge in [0.2, 0.25) is 0 Å². The molecule has 0 saturated carbocycles. The van der Waals surface area contributed by atoms with Gasteiger partial charge in [0, 0.05) is 54.0 Å². The summed E-state index contributed by atoms with van der Waals surface area (Å²) in [4.78, 5) is 23.5. The number of carbonyl (C=O) groups is 1. The minimum atomic E-state index is -1.61. The smallest absolute Gasteiger partial charge is 0.338 e. The molecule has 0 spiro atoms. The molecule has 2 aliphatic heterocycles. The fourth-order valence-corrected chi connectivity index (χ4v) is 4.75. The number of nitrogens with zero attached hydrogens (tertiary/aromatic N) is 3. The molecule has 3 heterocycles. The van der Waals surface area contributed by atoms with Crippen molar-refractivity contribution >= 4 is 35.3 Å². The fraction of sp³-hybridized carbons (Fsp3) is 0.316. The van der Waals surface area contributed by atoms with E-state index in [0.29, 0.717) is 29.5 Å². The van der Waals surface area contributed by atoms with Crippen molar-refractivity contribution in [3.8, 4) is 0 Å². The van der Waals surface area contributed by atoms with Gasteiger partial charge in [0.1, 0.15) is 6.04 Å². The Balaban J connectivity index is 1.89. The highest BCUT2D eigenvalue weighted by Gasteiger charge is 2.43. The number of aliphatic imine (C=N–C) groups is 1. The first kappa shape index (κ1) is 21.8. The highest BCUT2D eigenvalue weighted by atomic mass is 32.2. The van der Waals surface area contributed by atoms with Crippen molar-refractivity contribution < 1.29 is 22.7 Å². The third-order valence-electron chi connectivity index (χ3n) is 4.98. The van der Waals surface area contributed by atoms with Crippen LogP contribution in [0.1, 0.15) is 23.0 Å². The predicted molar refractivity (Wildman–Crippen MR) is 112 cm³/mol. The van der Waals surface area contributed by atoms with Crippen LogP contribution < -0.4 is 9.44 Å². The molecule has 4 rings (SSSR count). The molecular formula is C19H18F3N5O2S2. The quantitative estimate of drug-likeness (QED) is 0.383. The third-order valence-corrected chi connectivity index (χ3v) is 6.40. The van der Waals surface area contributed by atoms with Gasteiger partial charge >= 0.3 is 5.97 Å². The summed E-state index contributed by atoms with van der Waals surface area (Å²) < 4.78 is 53.4. The minimum Gasteiger partial charge on any atom is -0.466 e. The van der Waals surface area contributed by atoms with E-state index in [1.54, 1.807) is 18.6 Å². The molecule has 2 aromatic rings. The molecule has 2 atom stereocenters. The Morgan fingerprint density at radius 3 is 2.81 bits per heavy atom. The van der Waals surface area contributed by atoms with E-state index in [1.165, 1.54) is 30.6 Å². The first-order valence-electron chi connectivity index (χ1n) is 9.24. The van der Waals surface area contributed by atoms with Crippen molar-refractivity contribution in [1.82, 2.24) is 19.3 Å². The van der Waals surface area contributed by atoms with Crippen LogP contribution in [0.25, 0.3) is 0 Å². The largest absolute Gasteiger partial charge is 0.466 e. The molecule has 0 amide bonds. The van der Waals surface area contributed by atoms with Gasteiger partial charge in [-0.05, 0) is 13.1 Å². The first-order valence-corrected chi connectivity index (χ1v) is 10.9.